The molecule has 0 bridgehead atoms. The molecule has 1 saturated heterocycles. The molecule has 0 spiro atoms. The topological polar surface area (TPSA) is 152 Å². The average molecular weight is 543 g/mol. The Morgan fingerprint density at radius 1 is 1.16 bits per heavy atom. The van der Waals surface area contributed by atoms with Crippen LogP contribution in [0.3, 0.4) is 0 Å². The third-order valence-electron chi connectivity index (χ3n) is 5.40. The lowest BCUT2D eigenvalue weighted by Crippen LogP contribution is -2.58. The molecule has 1 aromatic carbocycles. The van der Waals surface area contributed by atoms with E-state index in [1.807, 2.05) is 0 Å². The Morgan fingerprint density at radius 2 is 1.87 bits per heavy atom. The predicted octanol–water partition coefficient (Wildman–Crippen LogP) is 1.09. The summed E-state index contributed by atoms with van der Waals surface area (Å²) in [6.45, 7) is 2.96. The molecule has 2 heterocycles. The number of aliphatic hydroxyl groups is 2. The minimum absolute atomic E-state index is 0.0133. The van der Waals surface area contributed by atoms with Gasteiger partial charge in [0, 0.05) is 6.54 Å². The molecule has 4 atom stereocenters. The summed E-state index contributed by atoms with van der Waals surface area (Å²) < 4.78 is 54.3. The molecule has 0 unspecified atom stereocenters. The van der Waals surface area contributed by atoms with Crippen molar-refractivity contribution in [3.8, 4) is 5.75 Å². The minimum Gasteiger partial charge on any atom is -0.482 e. The van der Waals surface area contributed by atoms with E-state index in [1.54, 1.807) is 38.1 Å². The number of aromatic nitrogens is 2. The number of carbonyl (C=O) groups is 2. The van der Waals surface area contributed by atoms with Crippen molar-refractivity contribution < 1.29 is 47.2 Å². The highest BCUT2D eigenvalue weighted by Gasteiger charge is 2.39. The molecule has 3 rings (SSSR count). The van der Waals surface area contributed by atoms with Gasteiger partial charge in [-0.3, -0.25) is 9.78 Å². The van der Waals surface area contributed by atoms with Gasteiger partial charge in [0.1, 0.15) is 29.9 Å². The summed E-state index contributed by atoms with van der Waals surface area (Å²) in [5.74, 6) is -0.670. The van der Waals surface area contributed by atoms with Crippen molar-refractivity contribution in [1.29, 1.82) is 0 Å². The zero-order chi connectivity index (χ0) is 27.9. The molecule has 38 heavy (non-hydrogen) atoms. The smallest absolute Gasteiger partial charge is 0.434 e. The van der Waals surface area contributed by atoms with Crippen molar-refractivity contribution in [3.05, 3.63) is 47.9 Å². The number of rotatable bonds is 10. The van der Waals surface area contributed by atoms with Crippen LogP contribution in [0.25, 0.3) is 0 Å². The molecule has 208 valence electrons. The van der Waals surface area contributed by atoms with Crippen molar-refractivity contribution in [2.24, 2.45) is 0 Å². The first-order valence-corrected chi connectivity index (χ1v) is 11.7. The zero-order valence-electron chi connectivity index (χ0n) is 20.6. The molecule has 0 saturated carbocycles. The first-order valence-electron chi connectivity index (χ1n) is 11.7. The van der Waals surface area contributed by atoms with Gasteiger partial charge in [0.2, 0.25) is 5.91 Å². The molecule has 1 fully saturated rings. The number of alkyl halides is 3. The predicted molar refractivity (Wildman–Crippen MR) is 126 cm³/mol. The SMILES string of the molecule is CC(C)OC(=O)COc1ccc(CC(=O)NC[C@H]2OC[C@H](Nc3cncc(C(F)(F)F)n3)[C@@H](O)[C@H]2O)cc1. The Morgan fingerprint density at radius 3 is 2.53 bits per heavy atom. The number of ether oxygens (including phenoxy) is 3. The van der Waals surface area contributed by atoms with Crippen molar-refractivity contribution in [1.82, 2.24) is 15.3 Å². The number of anilines is 1. The third-order valence-corrected chi connectivity index (χ3v) is 5.40. The number of halogens is 3. The van der Waals surface area contributed by atoms with Crippen LogP contribution in [-0.2, 0) is 31.7 Å². The molecule has 1 amide bonds. The quantitative estimate of drug-likeness (QED) is 0.321. The van der Waals surface area contributed by atoms with E-state index in [1.165, 1.54) is 0 Å². The molecule has 14 heteroatoms. The van der Waals surface area contributed by atoms with Gasteiger partial charge in [-0.15, -0.1) is 0 Å². The summed E-state index contributed by atoms with van der Waals surface area (Å²) in [6.07, 6.45) is -7.07. The summed E-state index contributed by atoms with van der Waals surface area (Å²) in [4.78, 5) is 30.8. The Hall–Kier alpha value is -3.49. The van der Waals surface area contributed by atoms with Crippen LogP contribution in [0, 0.1) is 0 Å². The van der Waals surface area contributed by atoms with Gasteiger partial charge in [-0.05, 0) is 31.5 Å². The largest absolute Gasteiger partial charge is 0.482 e. The Balaban J connectivity index is 1.44. The number of esters is 1. The highest BCUT2D eigenvalue weighted by molar-refractivity contribution is 5.78. The van der Waals surface area contributed by atoms with E-state index in [0.717, 1.165) is 6.20 Å². The molecule has 11 nitrogen and oxygen atoms in total. The van der Waals surface area contributed by atoms with Gasteiger partial charge in [0.25, 0.3) is 0 Å². The van der Waals surface area contributed by atoms with E-state index >= 15 is 0 Å². The lowest BCUT2D eigenvalue weighted by atomic mass is 9.98. The van der Waals surface area contributed by atoms with Crippen LogP contribution in [-0.4, -0.2) is 82.3 Å². The van der Waals surface area contributed by atoms with E-state index in [9.17, 15) is 33.0 Å². The normalized spacial score (nSPS) is 21.6. The zero-order valence-corrected chi connectivity index (χ0v) is 20.6. The second-order valence-corrected chi connectivity index (χ2v) is 8.84. The first kappa shape index (κ1) is 29.1. The van der Waals surface area contributed by atoms with Crippen molar-refractivity contribution in [2.75, 3.05) is 25.1 Å². The number of hydrogen-bond donors (Lipinski definition) is 4. The second kappa shape index (κ2) is 12.8. The number of carbonyl (C=O) groups excluding carboxylic acids is 2. The number of nitrogens with zero attached hydrogens (tertiary/aromatic N) is 2. The molecular weight excluding hydrogens is 513 g/mol. The van der Waals surface area contributed by atoms with Gasteiger partial charge in [0.05, 0.1) is 37.6 Å². The Kier molecular flexibility index (Phi) is 9.83. The minimum atomic E-state index is -4.69. The second-order valence-electron chi connectivity index (χ2n) is 8.84. The van der Waals surface area contributed by atoms with E-state index in [4.69, 9.17) is 14.2 Å². The monoisotopic (exact) mass is 542 g/mol. The summed E-state index contributed by atoms with van der Waals surface area (Å²) in [6, 6.07) is 5.58. The summed E-state index contributed by atoms with van der Waals surface area (Å²) in [7, 11) is 0. The van der Waals surface area contributed by atoms with Crippen LogP contribution in [0.1, 0.15) is 25.1 Å². The highest BCUT2D eigenvalue weighted by atomic mass is 19.4. The van der Waals surface area contributed by atoms with E-state index in [-0.39, 0.29) is 44.0 Å². The lowest BCUT2D eigenvalue weighted by molar-refractivity contribution is -0.149. The maximum Gasteiger partial charge on any atom is 0.434 e. The van der Waals surface area contributed by atoms with Crippen LogP contribution in [0.5, 0.6) is 5.75 Å². The van der Waals surface area contributed by atoms with E-state index in [0.29, 0.717) is 17.5 Å². The van der Waals surface area contributed by atoms with Gasteiger partial charge < -0.3 is 35.1 Å². The van der Waals surface area contributed by atoms with Gasteiger partial charge >= 0.3 is 12.1 Å². The van der Waals surface area contributed by atoms with Crippen LogP contribution in [0.2, 0.25) is 0 Å². The van der Waals surface area contributed by atoms with Gasteiger partial charge in [0.15, 0.2) is 12.3 Å². The maximum absolute atomic E-state index is 12.8. The summed E-state index contributed by atoms with van der Waals surface area (Å²) >= 11 is 0. The average Bonchev–Trinajstić information content (AvgIpc) is 2.85. The summed E-state index contributed by atoms with van der Waals surface area (Å²) in [5.41, 5.74) is -0.542. The van der Waals surface area contributed by atoms with Gasteiger partial charge in [-0.2, -0.15) is 13.2 Å². The fourth-order valence-corrected chi connectivity index (χ4v) is 3.56. The van der Waals surface area contributed by atoms with Crippen molar-refractivity contribution in [3.63, 3.8) is 0 Å². The maximum atomic E-state index is 12.8. The van der Waals surface area contributed by atoms with Crippen LogP contribution in [0.15, 0.2) is 36.7 Å². The lowest BCUT2D eigenvalue weighted by Gasteiger charge is -2.38. The molecular formula is C24H29F3N4O7. The number of amides is 1. The standard InChI is InChI=1S/C24H29F3N4O7/c1-13(2)38-21(33)12-36-15-5-3-14(4-6-15)7-20(32)29-8-17-23(35)22(34)16(11-37-17)30-19-10-28-9-18(31-19)24(25,26)27/h3-6,9-10,13,16-17,22-23,34-35H,7-8,11-12H2,1-2H3,(H,29,32)(H,30,31)/t16-,17+,22+,23-/m0/s1. The number of aliphatic hydroxyl groups excluding tert-OH is 2. The van der Waals surface area contributed by atoms with Crippen LogP contribution in [0.4, 0.5) is 19.0 Å². The molecule has 2 aromatic rings. The molecule has 1 aliphatic rings. The molecule has 4 N–H and O–H groups in total. The third kappa shape index (κ3) is 8.53. The van der Waals surface area contributed by atoms with E-state index < -0.39 is 42.2 Å². The van der Waals surface area contributed by atoms with E-state index in [2.05, 4.69) is 20.6 Å². The number of hydrogen-bond acceptors (Lipinski definition) is 10. The number of nitrogens with one attached hydrogen (secondary N) is 2. The van der Waals surface area contributed by atoms with Gasteiger partial charge in [-0.25, -0.2) is 9.78 Å². The Bertz CT molecular complexity index is 1090. The van der Waals surface area contributed by atoms with Crippen LogP contribution < -0.4 is 15.4 Å². The molecule has 0 radical (unpaired) electrons. The molecule has 0 aliphatic carbocycles. The van der Waals surface area contributed by atoms with Crippen LogP contribution >= 0.6 is 0 Å². The fourth-order valence-electron chi connectivity index (χ4n) is 3.56. The van der Waals surface area contributed by atoms with Crippen molar-refractivity contribution in [2.45, 2.75) is 56.9 Å². The Labute approximate surface area is 216 Å². The fraction of sp³-hybridized carbons (Fsp3) is 0.500. The number of benzene rings is 1. The van der Waals surface area contributed by atoms with Crippen molar-refractivity contribution >= 4 is 17.7 Å². The summed E-state index contributed by atoms with van der Waals surface area (Å²) in [5, 5.41) is 26.0. The first-order chi connectivity index (χ1) is 17.9. The van der Waals surface area contributed by atoms with Gasteiger partial charge in [-0.1, -0.05) is 12.1 Å². The highest BCUT2D eigenvalue weighted by Crippen LogP contribution is 2.28. The molecule has 1 aromatic heterocycles. The molecule has 1 aliphatic heterocycles.